The van der Waals surface area contributed by atoms with E-state index in [0.717, 1.165) is 28.0 Å². The molecule has 0 unspecified atom stereocenters. The summed E-state index contributed by atoms with van der Waals surface area (Å²) in [6, 6.07) is 8.69. The lowest BCUT2D eigenvalue weighted by Gasteiger charge is -2.14. The van der Waals surface area contributed by atoms with E-state index in [1.807, 2.05) is 26.0 Å². The van der Waals surface area contributed by atoms with Crippen LogP contribution in [0.4, 0.5) is 4.39 Å². The van der Waals surface area contributed by atoms with Gasteiger partial charge in [-0.3, -0.25) is 0 Å². The van der Waals surface area contributed by atoms with Crippen molar-refractivity contribution in [1.29, 1.82) is 0 Å². The van der Waals surface area contributed by atoms with Crippen molar-refractivity contribution in [1.82, 2.24) is 0 Å². The van der Waals surface area contributed by atoms with Crippen molar-refractivity contribution in [3.05, 3.63) is 63.4 Å². The van der Waals surface area contributed by atoms with Crippen LogP contribution in [-0.2, 0) is 13.2 Å². The molecule has 0 aliphatic rings. The molecule has 0 radical (unpaired) electrons. The Morgan fingerprint density at radius 3 is 2.30 bits per heavy atom. The molecule has 0 atom stereocenters. The largest absolute Gasteiger partial charge is 0.488 e. The minimum Gasteiger partial charge on any atom is -0.488 e. The Morgan fingerprint density at radius 1 is 1.10 bits per heavy atom. The van der Waals surface area contributed by atoms with Crippen LogP contribution < -0.4 is 10.5 Å². The van der Waals surface area contributed by atoms with E-state index in [1.54, 1.807) is 6.07 Å². The Balaban J connectivity index is 2.16. The predicted molar refractivity (Wildman–Crippen MR) is 79.5 cm³/mol. The molecule has 2 rings (SSSR count). The average Bonchev–Trinajstić information content (AvgIpc) is 2.41. The van der Waals surface area contributed by atoms with Crippen LogP contribution in [0.5, 0.6) is 5.75 Å². The molecular formula is C16H17ClFNO. The first kappa shape index (κ1) is 14.8. The second-order valence-electron chi connectivity index (χ2n) is 4.80. The maximum Gasteiger partial charge on any atom is 0.142 e. The summed E-state index contributed by atoms with van der Waals surface area (Å²) < 4.78 is 19.2. The van der Waals surface area contributed by atoms with Crippen molar-refractivity contribution in [3.8, 4) is 5.75 Å². The van der Waals surface area contributed by atoms with Crippen LogP contribution in [0, 0.1) is 19.7 Å². The summed E-state index contributed by atoms with van der Waals surface area (Å²) in [7, 11) is 0. The van der Waals surface area contributed by atoms with Crippen LogP contribution in [0.25, 0.3) is 0 Å². The van der Waals surface area contributed by atoms with Crippen molar-refractivity contribution >= 4 is 11.6 Å². The Bertz CT molecular complexity index is 605. The Morgan fingerprint density at radius 2 is 1.75 bits per heavy atom. The zero-order valence-corrected chi connectivity index (χ0v) is 12.3. The minimum atomic E-state index is -0.431. The molecule has 0 aliphatic heterocycles. The molecule has 0 saturated carbocycles. The average molecular weight is 294 g/mol. The fourth-order valence-corrected chi connectivity index (χ4v) is 2.29. The van der Waals surface area contributed by atoms with E-state index in [9.17, 15) is 4.39 Å². The first-order chi connectivity index (χ1) is 9.51. The second-order valence-corrected chi connectivity index (χ2v) is 5.21. The maximum atomic E-state index is 13.4. The first-order valence-electron chi connectivity index (χ1n) is 6.38. The zero-order valence-electron chi connectivity index (χ0n) is 11.5. The number of hydrogen-bond acceptors (Lipinski definition) is 2. The van der Waals surface area contributed by atoms with Gasteiger partial charge in [-0.05, 0) is 48.2 Å². The van der Waals surface area contributed by atoms with Crippen LogP contribution in [0.1, 0.15) is 22.3 Å². The van der Waals surface area contributed by atoms with Gasteiger partial charge in [0.15, 0.2) is 0 Å². The van der Waals surface area contributed by atoms with Gasteiger partial charge in [-0.2, -0.15) is 0 Å². The summed E-state index contributed by atoms with van der Waals surface area (Å²) in [5, 5.41) is 0.119. The predicted octanol–water partition coefficient (Wildman–Crippen LogP) is 4.13. The van der Waals surface area contributed by atoms with Gasteiger partial charge >= 0.3 is 0 Å². The molecule has 0 bridgehead atoms. The fourth-order valence-electron chi connectivity index (χ4n) is 2.17. The molecule has 4 heteroatoms. The molecular weight excluding hydrogens is 277 g/mol. The number of halogens is 2. The van der Waals surface area contributed by atoms with Crippen molar-refractivity contribution in [2.45, 2.75) is 27.0 Å². The van der Waals surface area contributed by atoms with Gasteiger partial charge in [-0.15, -0.1) is 0 Å². The molecule has 0 aliphatic carbocycles. The number of nitrogens with two attached hydrogens (primary N) is 1. The molecule has 0 heterocycles. The lowest BCUT2D eigenvalue weighted by Crippen LogP contribution is -2.02. The highest BCUT2D eigenvalue weighted by atomic mass is 35.5. The molecule has 0 fully saturated rings. The number of benzene rings is 2. The van der Waals surface area contributed by atoms with Gasteiger partial charge < -0.3 is 10.5 Å². The Labute approximate surface area is 123 Å². The quantitative estimate of drug-likeness (QED) is 0.920. The van der Waals surface area contributed by atoms with Gasteiger partial charge in [0, 0.05) is 6.54 Å². The SMILES string of the molecule is Cc1cc(CN)cc(C)c1OCc1ccc(Cl)c(F)c1. The van der Waals surface area contributed by atoms with Crippen molar-refractivity contribution < 1.29 is 9.13 Å². The van der Waals surface area contributed by atoms with Crippen LogP contribution >= 0.6 is 11.6 Å². The van der Waals surface area contributed by atoms with E-state index < -0.39 is 5.82 Å². The van der Waals surface area contributed by atoms with Crippen molar-refractivity contribution in [2.24, 2.45) is 5.73 Å². The van der Waals surface area contributed by atoms with Gasteiger partial charge in [0.1, 0.15) is 18.2 Å². The lowest BCUT2D eigenvalue weighted by atomic mass is 10.1. The number of hydrogen-bond donors (Lipinski definition) is 1. The third kappa shape index (κ3) is 3.30. The smallest absolute Gasteiger partial charge is 0.142 e. The van der Waals surface area contributed by atoms with Gasteiger partial charge in [0.05, 0.1) is 5.02 Å². The minimum absolute atomic E-state index is 0.119. The van der Waals surface area contributed by atoms with E-state index in [2.05, 4.69) is 0 Å². The second kappa shape index (κ2) is 6.25. The Kier molecular flexibility index (Phi) is 4.63. The van der Waals surface area contributed by atoms with E-state index in [4.69, 9.17) is 22.1 Å². The summed E-state index contributed by atoms with van der Waals surface area (Å²) in [6.07, 6.45) is 0. The van der Waals surface area contributed by atoms with E-state index >= 15 is 0 Å². The topological polar surface area (TPSA) is 35.2 Å². The highest BCUT2D eigenvalue weighted by molar-refractivity contribution is 6.30. The number of aryl methyl sites for hydroxylation is 2. The molecule has 2 aromatic rings. The molecule has 106 valence electrons. The van der Waals surface area contributed by atoms with Crippen LogP contribution in [0.3, 0.4) is 0 Å². The maximum absolute atomic E-state index is 13.4. The van der Waals surface area contributed by atoms with Crippen LogP contribution in [0.15, 0.2) is 30.3 Å². The molecule has 2 nitrogen and oxygen atoms in total. The summed E-state index contributed by atoms with van der Waals surface area (Å²) in [5.41, 5.74) is 9.51. The Hall–Kier alpha value is -1.58. The van der Waals surface area contributed by atoms with Gasteiger partial charge in [-0.25, -0.2) is 4.39 Å². The number of rotatable bonds is 4. The monoisotopic (exact) mass is 293 g/mol. The van der Waals surface area contributed by atoms with Crippen LogP contribution in [0.2, 0.25) is 5.02 Å². The molecule has 0 spiro atoms. The highest BCUT2D eigenvalue weighted by Crippen LogP contribution is 2.26. The number of ether oxygens (including phenoxy) is 1. The standard InChI is InChI=1S/C16H17ClFNO/c1-10-5-13(8-19)6-11(2)16(10)20-9-12-3-4-14(17)15(18)7-12/h3-7H,8-9,19H2,1-2H3. The summed E-state index contributed by atoms with van der Waals surface area (Å²) >= 11 is 5.65. The van der Waals surface area contributed by atoms with Gasteiger partial charge in [0.25, 0.3) is 0 Å². The highest BCUT2D eigenvalue weighted by Gasteiger charge is 2.07. The van der Waals surface area contributed by atoms with Gasteiger partial charge in [-0.1, -0.05) is 29.8 Å². The first-order valence-corrected chi connectivity index (χ1v) is 6.76. The normalized spacial score (nSPS) is 10.7. The van der Waals surface area contributed by atoms with Gasteiger partial charge in [0.2, 0.25) is 0 Å². The molecule has 0 amide bonds. The third-order valence-electron chi connectivity index (χ3n) is 3.12. The van der Waals surface area contributed by atoms with Crippen molar-refractivity contribution in [3.63, 3.8) is 0 Å². The van der Waals surface area contributed by atoms with E-state index in [0.29, 0.717) is 13.2 Å². The summed E-state index contributed by atoms with van der Waals surface area (Å²) in [4.78, 5) is 0. The third-order valence-corrected chi connectivity index (χ3v) is 3.43. The van der Waals surface area contributed by atoms with E-state index in [1.165, 1.54) is 12.1 Å². The zero-order chi connectivity index (χ0) is 14.7. The van der Waals surface area contributed by atoms with Crippen LogP contribution in [-0.4, -0.2) is 0 Å². The summed E-state index contributed by atoms with van der Waals surface area (Å²) in [5.74, 6) is 0.386. The lowest BCUT2D eigenvalue weighted by molar-refractivity contribution is 0.301. The van der Waals surface area contributed by atoms with E-state index in [-0.39, 0.29) is 5.02 Å². The fraction of sp³-hybridized carbons (Fsp3) is 0.250. The molecule has 0 aromatic heterocycles. The molecule has 0 saturated heterocycles. The molecule has 2 aromatic carbocycles. The summed E-state index contributed by atoms with van der Waals surface area (Å²) in [6.45, 7) is 4.76. The van der Waals surface area contributed by atoms with Crippen molar-refractivity contribution in [2.75, 3.05) is 0 Å². The molecule has 20 heavy (non-hydrogen) atoms. The molecule has 2 N–H and O–H groups in total.